The van der Waals surface area contributed by atoms with Crippen molar-refractivity contribution in [3.8, 4) is 11.3 Å². The lowest BCUT2D eigenvalue weighted by molar-refractivity contribution is -0.142. The Kier molecular flexibility index (Phi) is 5.36. The van der Waals surface area contributed by atoms with Gasteiger partial charge < -0.3 is 4.74 Å². The summed E-state index contributed by atoms with van der Waals surface area (Å²) in [7, 11) is 0. The highest BCUT2D eigenvalue weighted by Gasteiger charge is 2.17. The number of nitrogens with zero attached hydrogens (tertiary/aromatic N) is 3. The van der Waals surface area contributed by atoms with Crippen LogP contribution in [0.25, 0.3) is 16.2 Å². The Bertz CT molecular complexity index is 1180. The molecule has 0 bridgehead atoms. The van der Waals surface area contributed by atoms with Gasteiger partial charge in [0.15, 0.2) is 10.1 Å². The van der Waals surface area contributed by atoms with Gasteiger partial charge in [-0.1, -0.05) is 0 Å². The van der Waals surface area contributed by atoms with Gasteiger partial charge in [0.25, 0.3) is 5.91 Å². The zero-order valence-electron chi connectivity index (χ0n) is 15.2. The van der Waals surface area contributed by atoms with Gasteiger partial charge in [-0.25, -0.2) is 14.4 Å². The van der Waals surface area contributed by atoms with Crippen LogP contribution in [0, 0.1) is 5.82 Å². The van der Waals surface area contributed by atoms with Crippen LogP contribution in [-0.2, 0) is 16.0 Å². The molecule has 0 unspecified atom stereocenters. The number of carbonyl (C=O) groups excluding carboxylic acids is 2. The van der Waals surface area contributed by atoms with E-state index in [1.165, 1.54) is 34.8 Å². The van der Waals surface area contributed by atoms with Crippen LogP contribution in [-0.4, -0.2) is 32.9 Å². The molecule has 0 radical (unpaired) electrons. The molecular weight excluding hydrogens is 415 g/mol. The Morgan fingerprint density at radius 2 is 1.97 bits per heavy atom. The number of hydrogen-bond donors (Lipinski definition) is 1. The van der Waals surface area contributed by atoms with Crippen molar-refractivity contribution in [1.82, 2.24) is 14.4 Å². The lowest BCUT2D eigenvalue weighted by atomic mass is 10.2. The predicted molar refractivity (Wildman–Crippen MR) is 109 cm³/mol. The molecule has 4 aromatic rings. The number of carbonyl (C=O) groups is 2. The zero-order valence-corrected chi connectivity index (χ0v) is 16.8. The maximum absolute atomic E-state index is 13.1. The van der Waals surface area contributed by atoms with Gasteiger partial charge in [-0.2, -0.15) is 0 Å². The van der Waals surface area contributed by atoms with E-state index in [1.54, 1.807) is 40.4 Å². The molecule has 29 heavy (non-hydrogen) atoms. The van der Waals surface area contributed by atoms with E-state index in [0.717, 1.165) is 5.56 Å². The summed E-state index contributed by atoms with van der Waals surface area (Å²) in [4.78, 5) is 33.6. The third-order valence-electron chi connectivity index (χ3n) is 3.98. The largest absolute Gasteiger partial charge is 0.466 e. The quantitative estimate of drug-likeness (QED) is 0.467. The lowest BCUT2D eigenvalue weighted by Gasteiger charge is -2.00. The van der Waals surface area contributed by atoms with Crippen LogP contribution >= 0.6 is 22.7 Å². The third kappa shape index (κ3) is 4.17. The van der Waals surface area contributed by atoms with Crippen LogP contribution < -0.4 is 5.32 Å². The van der Waals surface area contributed by atoms with Gasteiger partial charge in [0.05, 0.1) is 24.4 Å². The van der Waals surface area contributed by atoms with E-state index in [9.17, 15) is 14.0 Å². The number of hydrogen-bond acceptors (Lipinski definition) is 7. The molecule has 0 aliphatic heterocycles. The van der Waals surface area contributed by atoms with Crippen molar-refractivity contribution < 1.29 is 18.7 Å². The summed E-state index contributed by atoms with van der Waals surface area (Å²) in [5.41, 5.74) is 2.36. The van der Waals surface area contributed by atoms with E-state index >= 15 is 0 Å². The Labute approximate surface area is 172 Å². The van der Waals surface area contributed by atoms with Crippen LogP contribution in [0.2, 0.25) is 0 Å². The SMILES string of the molecule is CCOC(=O)Cc1csc(NC(=O)c2csc3nc(-c4ccc(F)cc4)cn23)n1. The van der Waals surface area contributed by atoms with Crippen LogP contribution in [0.5, 0.6) is 0 Å². The molecule has 10 heteroatoms. The average Bonchev–Trinajstić information content (AvgIpc) is 3.38. The monoisotopic (exact) mass is 430 g/mol. The fourth-order valence-corrected chi connectivity index (χ4v) is 4.23. The number of halogens is 1. The number of imidazole rings is 1. The van der Waals surface area contributed by atoms with Crippen LogP contribution in [0.4, 0.5) is 9.52 Å². The highest BCUT2D eigenvalue weighted by atomic mass is 32.1. The van der Waals surface area contributed by atoms with E-state index in [4.69, 9.17) is 4.74 Å². The normalized spacial score (nSPS) is 11.0. The molecule has 0 spiro atoms. The van der Waals surface area contributed by atoms with Crippen LogP contribution in [0.3, 0.4) is 0 Å². The zero-order chi connectivity index (χ0) is 20.4. The molecule has 0 saturated carbocycles. The summed E-state index contributed by atoms with van der Waals surface area (Å²) < 4.78 is 19.7. The van der Waals surface area contributed by atoms with Crippen LogP contribution in [0.15, 0.2) is 41.2 Å². The van der Waals surface area contributed by atoms with Gasteiger partial charge >= 0.3 is 5.97 Å². The summed E-state index contributed by atoms with van der Waals surface area (Å²) in [5, 5.41) is 6.55. The standard InChI is InChI=1S/C19H15FN4O3S2/c1-2-27-16(25)7-13-9-28-18(21-13)23-17(26)15-10-29-19-22-14(8-24(15)19)11-3-5-12(20)6-4-11/h3-6,8-10H,2,7H2,1H3,(H,21,23,26). The number of anilines is 1. The van der Waals surface area contributed by atoms with Crippen LogP contribution in [0.1, 0.15) is 23.1 Å². The predicted octanol–water partition coefficient (Wildman–Crippen LogP) is 4.02. The van der Waals surface area contributed by atoms with E-state index in [-0.39, 0.29) is 24.1 Å². The number of fused-ring (bicyclic) bond motifs is 1. The molecule has 7 nitrogen and oxygen atoms in total. The molecule has 0 fully saturated rings. The molecule has 0 atom stereocenters. The number of nitrogens with one attached hydrogen (secondary N) is 1. The lowest BCUT2D eigenvalue weighted by Crippen LogP contribution is -2.14. The first-order valence-corrected chi connectivity index (χ1v) is 10.4. The number of aromatic nitrogens is 3. The molecule has 1 aromatic carbocycles. The highest BCUT2D eigenvalue weighted by molar-refractivity contribution is 7.15. The van der Waals surface area contributed by atoms with Crippen molar-refractivity contribution in [2.75, 3.05) is 11.9 Å². The van der Waals surface area contributed by atoms with Crippen molar-refractivity contribution >= 4 is 44.6 Å². The molecule has 4 rings (SSSR count). The topological polar surface area (TPSA) is 85.6 Å². The molecule has 0 saturated heterocycles. The second-order valence-corrected chi connectivity index (χ2v) is 7.68. The maximum atomic E-state index is 13.1. The second-order valence-electron chi connectivity index (χ2n) is 5.99. The Hall–Kier alpha value is -3.11. The number of benzene rings is 1. The minimum atomic E-state index is -0.359. The molecule has 1 amide bonds. The Morgan fingerprint density at radius 1 is 1.17 bits per heavy atom. The Morgan fingerprint density at radius 3 is 2.72 bits per heavy atom. The molecule has 0 aliphatic rings. The average molecular weight is 430 g/mol. The molecule has 3 aromatic heterocycles. The summed E-state index contributed by atoms with van der Waals surface area (Å²) in [6, 6.07) is 6.02. The minimum absolute atomic E-state index is 0.0610. The van der Waals surface area contributed by atoms with Crippen molar-refractivity contribution in [1.29, 1.82) is 0 Å². The van der Waals surface area contributed by atoms with E-state index in [1.807, 2.05) is 0 Å². The van der Waals surface area contributed by atoms with Gasteiger partial charge in [0.1, 0.15) is 11.5 Å². The summed E-state index contributed by atoms with van der Waals surface area (Å²) in [5.74, 6) is -1.01. The number of rotatable bonds is 6. The van der Waals surface area contributed by atoms with Crippen molar-refractivity contribution in [2.24, 2.45) is 0 Å². The van der Waals surface area contributed by atoms with Gasteiger partial charge in [0.2, 0.25) is 0 Å². The fraction of sp³-hybridized carbons (Fsp3) is 0.158. The Balaban J connectivity index is 1.51. The summed E-state index contributed by atoms with van der Waals surface area (Å²) >= 11 is 2.57. The van der Waals surface area contributed by atoms with Crippen molar-refractivity contribution in [3.05, 3.63) is 58.4 Å². The van der Waals surface area contributed by atoms with Crippen molar-refractivity contribution in [3.63, 3.8) is 0 Å². The molecule has 3 heterocycles. The first-order chi connectivity index (χ1) is 14.0. The first-order valence-electron chi connectivity index (χ1n) is 8.67. The summed E-state index contributed by atoms with van der Waals surface area (Å²) in [6.45, 7) is 2.05. The van der Waals surface area contributed by atoms with Gasteiger partial charge in [-0.3, -0.25) is 19.3 Å². The number of ether oxygens (including phenoxy) is 1. The molecule has 1 N–H and O–H groups in total. The minimum Gasteiger partial charge on any atom is -0.466 e. The van der Waals surface area contributed by atoms with Gasteiger partial charge in [-0.15, -0.1) is 22.7 Å². The third-order valence-corrected chi connectivity index (χ3v) is 5.63. The van der Waals surface area contributed by atoms with Gasteiger partial charge in [0, 0.05) is 22.5 Å². The second kappa shape index (κ2) is 8.10. The maximum Gasteiger partial charge on any atom is 0.311 e. The smallest absolute Gasteiger partial charge is 0.311 e. The summed E-state index contributed by atoms with van der Waals surface area (Å²) in [6.07, 6.45) is 1.80. The number of amides is 1. The van der Waals surface area contributed by atoms with Crippen molar-refractivity contribution in [2.45, 2.75) is 13.3 Å². The molecule has 148 valence electrons. The number of thiazole rings is 2. The van der Waals surface area contributed by atoms with Gasteiger partial charge in [-0.05, 0) is 31.2 Å². The molecule has 0 aliphatic carbocycles. The highest BCUT2D eigenvalue weighted by Crippen LogP contribution is 2.25. The first kappa shape index (κ1) is 19.2. The molecular formula is C19H15FN4O3S2. The van der Waals surface area contributed by atoms with E-state index in [2.05, 4.69) is 15.3 Å². The van der Waals surface area contributed by atoms with E-state index < -0.39 is 0 Å². The fourth-order valence-electron chi connectivity index (χ4n) is 2.67. The number of esters is 1. The van der Waals surface area contributed by atoms with E-state index in [0.29, 0.717) is 33.8 Å².